The fourth-order valence-corrected chi connectivity index (χ4v) is 1.08. The summed E-state index contributed by atoms with van der Waals surface area (Å²) in [6.45, 7) is 3.80. The van der Waals surface area contributed by atoms with Crippen LogP contribution in [0.4, 0.5) is 10.5 Å². The summed E-state index contributed by atoms with van der Waals surface area (Å²) in [5.41, 5.74) is -0.0420. The maximum atomic E-state index is 11.3. The Morgan fingerprint density at radius 1 is 1.47 bits per heavy atom. The van der Waals surface area contributed by atoms with Crippen LogP contribution in [0.2, 0.25) is 0 Å². The largest absolute Gasteiger partial charge is 0.412 e. The number of nitrogens with zero attached hydrogens (tertiary/aromatic N) is 1. The van der Waals surface area contributed by atoms with Gasteiger partial charge in [-0.1, -0.05) is 6.92 Å². The Bertz CT molecular complexity index is 402. The molecule has 6 nitrogen and oxygen atoms in total. The van der Waals surface area contributed by atoms with Gasteiger partial charge in [0.05, 0.1) is 4.92 Å². The molecule has 1 atom stereocenters. The normalized spacial score (nSPS) is 11.6. The van der Waals surface area contributed by atoms with Gasteiger partial charge in [0.15, 0.2) is 0 Å². The van der Waals surface area contributed by atoms with Gasteiger partial charge in [-0.15, -0.1) is 0 Å². The van der Waals surface area contributed by atoms with Crippen molar-refractivity contribution in [3.05, 3.63) is 34.4 Å². The summed E-state index contributed by atoms with van der Waals surface area (Å²) in [6, 6.07) is 5.36. The van der Waals surface area contributed by atoms with Gasteiger partial charge in [0.1, 0.15) is 5.75 Å². The van der Waals surface area contributed by atoms with Gasteiger partial charge < -0.3 is 10.1 Å². The summed E-state index contributed by atoms with van der Waals surface area (Å²) in [7, 11) is 0. The van der Waals surface area contributed by atoms with E-state index < -0.39 is 11.0 Å². The van der Waals surface area contributed by atoms with Crippen molar-refractivity contribution in [1.82, 2.24) is 5.32 Å². The van der Waals surface area contributed by atoms with E-state index in [4.69, 9.17) is 4.74 Å². The van der Waals surface area contributed by atoms with Crippen molar-refractivity contribution in [3.63, 3.8) is 0 Å². The van der Waals surface area contributed by atoms with Crippen molar-refractivity contribution >= 4 is 11.8 Å². The molecule has 0 heterocycles. The Hall–Kier alpha value is -2.11. The molecule has 0 fully saturated rings. The fraction of sp³-hybridized carbons (Fsp3) is 0.364. The molecule has 17 heavy (non-hydrogen) atoms. The topological polar surface area (TPSA) is 81.5 Å². The minimum atomic E-state index is -0.562. The van der Waals surface area contributed by atoms with Crippen LogP contribution in [0.1, 0.15) is 20.3 Å². The summed E-state index contributed by atoms with van der Waals surface area (Å²) in [6.07, 6.45) is 0.239. The lowest BCUT2D eigenvalue weighted by molar-refractivity contribution is -0.384. The molecule has 1 rings (SSSR count). The van der Waals surface area contributed by atoms with Crippen LogP contribution in [0.25, 0.3) is 0 Å². The average molecular weight is 238 g/mol. The molecule has 0 saturated carbocycles. The second kappa shape index (κ2) is 5.83. The second-order valence-electron chi connectivity index (χ2n) is 3.59. The van der Waals surface area contributed by atoms with Crippen LogP contribution in [0.5, 0.6) is 5.75 Å². The van der Waals surface area contributed by atoms with Crippen LogP contribution in [0.3, 0.4) is 0 Å². The maximum absolute atomic E-state index is 11.3. The van der Waals surface area contributed by atoms with E-state index in [1.165, 1.54) is 24.3 Å². The lowest BCUT2D eigenvalue weighted by Gasteiger charge is -2.11. The van der Waals surface area contributed by atoms with E-state index in [1.807, 2.05) is 13.8 Å². The van der Waals surface area contributed by atoms with Crippen molar-refractivity contribution < 1.29 is 14.5 Å². The van der Waals surface area contributed by atoms with E-state index in [9.17, 15) is 14.9 Å². The lowest BCUT2D eigenvalue weighted by atomic mass is 10.3. The van der Waals surface area contributed by atoms with Gasteiger partial charge in [0.2, 0.25) is 0 Å². The number of nitro benzene ring substituents is 1. The number of nitro groups is 1. The highest BCUT2D eigenvalue weighted by atomic mass is 16.6. The molecule has 0 saturated heterocycles. The summed E-state index contributed by atoms with van der Waals surface area (Å²) in [5.74, 6) is 0.274. The molecular weight excluding hydrogens is 224 g/mol. The highest BCUT2D eigenvalue weighted by Crippen LogP contribution is 2.17. The molecule has 1 aromatic rings. The van der Waals surface area contributed by atoms with E-state index in [1.54, 1.807) is 0 Å². The number of nitrogens with one attached hydrogen (secondary N) is 1. The van der Waals surface area contributed by atoms with E-state index in [2.05, 4.69) is 5.32 Å². The van der Waals surface area contributed by atoms with Gasteiger partial charge >= 0.3 is 6.09 Å². The zero-order valence-corrected chi connectivity index (χ0v) is 9.67. The standard InChI is InChI=1S/C11H14N2O4/c1-3-8(2)12-11(14)17-10-6-4-9(5-7-10)13(15)16/h4-8H,3H2,1-2H3,(H,12,14). The third-order valence-corrected chi connectivity index (χ3v) is 2.23. The number of rotatable bonds is 4. The molecule has 6 heteroatoms. The predicted octanol–water partition coefficient (Wildman–Crippen LogP) is 2.48. The first-order chi connectivity index (χ1) is 8.02. The number of benzene rings is 1. The maximum Gasteiger partial charge on any atom is 0.412 e. The quantitative estimate of drug-likeness (QED) is 0.645. The van der Waals surface area contributed by atoms with Gasteiger partial charge in [0.25, 0.3) is 5.69 Å². The Balaban J connectivity index is 2.57. The van der Waals surface area contributed by atoms with Crippen LogP contribution in [-0.2, 0) is 0 Å². The smallest absolute Gasteiger partial charge is 0.410 e. The molecule has 1 aromatic carbocycles. The highest BCUT2D eigenvalue weighted by Gasteiger charge is 2.09. The molecule has 0 aromatic heterocycles. The van der Waals surface area contributed by atoms with Gasteiger partial charge in [-0.3, -0.25) is 10.1 Å². The molecule has 1 amide bonds. The van der Waals surface area contributed by atoms with Crippen molar-refractivity contribution in [2.45, 2.75) is 26.3 Å². The van der Waals surface area contributed by atoms with Crippen LogP contribution in [-0.4, -0.2) is 17.1 Å². The third kappa shape index (κ3) is 4.10. The SMILES string of the molecule is CCC(C)NC(=O)Oc1ccc([N+](=O)[O-])cc1. The number of hydrogen-bond acceptors (Lipinski definition) is 4. The predicted molar refractivity (Wildman–Crippen MR) is 62.0 cm³/mol. The zero-order valence-electron chi connectivity index (χ0n) is 9.67. The van der Waals surface area contributed by atoms with Crippen molar-refractivity contribution in [2.24, 2.45) is 0 Å². The molecule has 0 aliphatic heterocycles. The Kier molecular flexibility index (Phi) is 4.45. The number of amides is 1. The first kappa shape index (κ1) is 13.0. The monoisotopic (exact) mass is 238 g/mol. The molecule has 0 aliphatic rings. The Morgan fingerprint density at radius 3 is 2.53 bits per heavy atom. The zero-order chi connectivity index (χ0) is 12.8. The minimum absolute atomic E-state index is 0.0283. The summed E-state index contributed by atoms with van der Waals surface area (Å²) in [4.78, 5) is 21.2. The van der Waals surface area contributed by atoms with E-state index in [-0.39, 0.29) is 17.5 Å². The average Bonchev–Trinajstić information content (AvgIpc) is 2.29. The molecule has 0 spiro atoms. The fourth-order valence-electron chi connectivity index (χ4n) is 1.08. The summed E-state index contributed by atoms with van der Waals surface area (Å²) in [5, 5.41) is 13.0. The number of ether oxygens (including phenoxy) is 1. The minimum Gasteiger partial charge on any atom is -0.410 e. The molecule has 1 N–H and O–H groups in total. The summed E-state index contributed by atoms with van der Waals surface area (Å²) >= 11 is 0. The van der Waals surface area contributed by atoms with Crippen molar-refractivity contribution in [1.29, 1.82) is 0 Å². The molecule has 0 radical (unpaired) electrons. The Labute approximate surface area is 98.7 Å². The number of non-ortho nitro benzene ring substituents is 1. The van der Waals surface area contributed by atoms with Crippen molar-refractivity contribution in [2.75, 3.05) is 0 Å². The number of hydrogen-bond donors (Lipinski definition) is 1. The third-order valence-electron chi connectivity index (χ3n) is 2.23. The van der Waals surface area contributed by atoms with Crippen LogP contribution < -0.4 is 10.1 Å². The van der Waals surface area contributed by atoms with Gasteiger partial charge in [-0.05, 0) is 25.5 Å². The lowest BCUT2D eigenvalue weighted by Crippen LogP contribution is -2.34. The molecule has 1 unspecified atom stereocenters. The van der Waals surface area contributed by atoms with Crippen LogP contribution in [0, 0.1) is 10.1 Å². The van der Waals surface area contributed by atoms with Crippen molar-refractivity contribution in [3.8, 4) is 5.75 Å². The van der Waals surface area contributed by atoms with E-state index in [0.29, 0.717) is 0 Å². The highest BCUT2D eigenvalue weighted by molar-refractivity contribution is 5.70. The summed E-state index contributed by atoms with van der Waals surface area (Å²) < 4.78 is 4.95. The van der Waals surface area contributed by atoms with Gasteiger partial charge in [0, 0.05) is 18.2 Å². The molecular formula is C11H14N2O4. The number of carbonyl (C=O) groups is 1. The van der Waals surface area contributed by atoms with Gasteiger partial charge in [-0.25, -0.2) is 4.79 Å². The van der Waals surface area contributed by atoms with E-state index >= 15 is 0 Å². The number of carbonyl (C=O) groups excluding carboxylic acids is 1. The first-order valence-corrected chi connectivity index (χ1v) is 5.25. The second-order valence-corrected chi connectivity index (χ2v) is 3.59. The van der Waals surface area contributed by atoms with Crippen LogP contribution >= 0.6 is 0 Å². The molecule has 92 valence electrons. The Morgan fingerprint density at radius 2 is 2.06 bits per heavy atom. The van der Waals surface area contributed by atoms with Gasteiger partial charge in [-0.2, -0.15) is 0 Å². The molecule has 0 bridgehead atoms. The van der Waals surface area contributed by atoms with Crippen LogP contribution in [0.15, 0.2) is 24.3 Å². The first-order valence-electron chi connectivity index (χ1n) is 5.25. The molecule has 0 aliphatic carbocycles. The van der Waals surface area contributed by atoms with E-state index in [0.717, 1.165) is 6.42 Å².